The van der Waals surface area contributed by atoms with Crippen molar-refractivity contribution in [2.75, 3.05) is 0 Å². The van der Waals surface area contributed by atoms with Gasteiger partial charge in [0.05, 0.1) is 5.41 Å². The van der Waals surface area contributed by atoms with E-state index >= 15 is 0 Å². The van der Waals surface area contributed by atoms with E-state index in [-0.39, 0.29) is 0 Å². The average molecular weight is 875 g/mol. The van der Waals surface area contributed by atoms with E-state index in [2.05, 4.69) is 218 Å². The van der Waals surface area contributed by atoms with Crippen molar-refractivity contribution >= 4 is 76.2 Å². The van der Waals surface area contributed by atoms with Gasteiger partial charge < -0.3 is 8.83 Å². The molecule has 0 saturated carbocycles. The number of hydrogen-bond acceptors (Lipinski definition) is 2. The molecule has 2 aromatic heterocycles. The first-order chi connectivity index (χ1) is 34.2. The summed E-state index contributed by atoms with van der Waals surface area (Å²) in [5.74, 6) is 0. The molecule has 14 aromatic rings. The molecule has 318 valence electrons. The van der Waals surface area contributed by atoms with Crippen LogP contribution >= 0.6 is 0 Å². The van der Waals surface area contributed by atoms with E-state index in [1.165, 1.54) is 99.1 Å². The van der Waals surface area contributed by atoms with Crippen LogP contribution in [0.25, 0.3) is 132 Å². The molecule has 2 heteroatoms. The maximum Gasteiger partial charge on any atom is 0.135 e. The maximum atomic E-state index is 6.38. The van der Waals surface area contributed by atoms with Gasteiger partial charge in [0.2, 0.25) is 0 Å². The third-order valence-corrected chi connectivity index (χ3v) is 15.7. The maximum absolute atomic E-state index is 6.38. The number of fused-ring (bicyclic) bond motifs is 20. The fraction of sp³-hybridized carbons (Fsp3) is 0.0149. The van der Waals surface area contributed by atoms with E-state index in [4.69, 9.17) is 8.83 Å². The van der Waals surface area contributed by atoms with Crippen LogP contribution < -0.4 is 0 Å². The third-order valence-electron chi connectivity index (χ3n) is 15.7. The highest BCUT2D eigenvalue weighted by Gasteiger charge is 2.53. The van der Waals surface area contributed by atoms with Gasteiger partial charge in [-0.2, -0.15) is 0 Å². The Bertz CT molecular complexity index is 4340. The molecule has 2 aliphatic carbocycles. The lowest BCUT2D eigenvalue weighted by Gasteiger charge is -2.33. The normalized spacial score (nSPS) is 13.3. The predicted octanol–water partition coefficient (Wildman–Crippen LogP) is 18.3. The smallest absolute Gasteiger partial charge is 0.135 e. The Hall–Kier alpha value is -8.98. The summed E-state index contributed by atoms with van der Waals surface area (Å²) < 4.78 is 12.8. The number of rotatable bonds is 3. The molecule has 69 heavy (non-hydrogen) atoms. The number of benzene rings is 12. The standard InChI is InChI=1S/C67H38O2/c1-2-16-44-39(15-1)37-56(66-65(44)51-21-5-10-28-59(51)67(66)57-26-8-3-17-45(57)46-18-4-9-27-58(46)67)64-49-24-13-22-42(40-31-33-62-54(35-40)47-19-6-11-29-60(47)68-62)52(49)38-53-43(23-14-25-50(53)64)41-32-34-63-55(36-41)48-20-7-12-30-61(48)69-63/h1-38H. The van der Waals surface area contributed by atoms with Crippen LogP contribution in [-0.4, -0.2) is 0 Å². The molecular weight excluding hydrogens is 837 g/mol. The van der Waals surface area contributed by atoms with Gasteiger partial charge in [-0.15, -0.1) is 0 Å². The minimum Gasteiger partial charge on any atom is -0.456 e. The fourth-order valence-electron chi connectivity index (χ4n) is 12.9. The Morgan fingerprint density at radius 1 is 0.246 bits per heavy atom. The Balaban J connectivity index is 1.08. The zero-order valence-corrected chi connectivity index (χ0v) is 37.3. The molecule has 0 bridgehead atoms. The van der Waals surface area contributed by atoms with Gasteiger partial charge in [0.25, 0.3) is 0 Å². The lowest BCUT2D eigenvalue weighted by Crippen LogP contribution is -2.26. The summed E-state index contributed by atoms with van der Waals surface area (Å²) in [4.78, 5) is 0. The Morgan fingerprint density at radius 2 is 0.681 bits per heavy atom. The van der Waals surface area contributed by atoms with Crippen molar-refractivity contribution in [3.63, 3.8) is 0 Å². The Morgan fingerprint density at radius 3 is 1.26 bits per heavy atom. The van der Waals surface area contributed by atoms with Crippen LogP contribution in [0.15, 0.2) is 239 Å². The molecule has 0 fully saturated rings. The molecule has 0 atom stereocenters. The highest BCUT2D eigenvalue weighted by Crippen LogP contribution is 2.66. The summed E-state index contributed by atoms with van der Waals surface area (Å²) in [6, 6.07) is 85.6. The van der Waals surface area contributed by atoms with Crippen molar-refractivity contribution in [3.8, 4) is 55.6 Å². The van der Waals surface area contributed by atoms with E-state index in [1.807, 2.05) is 12.1 Å². The Labute approximate surface area is 396 Å². The van der Waals surface area contributed by atoms with Crippen LogP contribution in [0.3, 0.4) is 0 Å². The van der Waals surface area contributed by atoms with Gasteiger partial charge >= 0.3 is 0 Å². The summed E-state index contributed by atoms with van der Waals surface area (Å²) in [6.45, 7) is 0. The first-order valence-corrected chi connectivity index (χ1v) is 23.9. The molecule has 0 aliphatic heterocycles. The summed E-state index contributed by atoms with van der Waals surface area (Å²) >= 11 is 0. The van der Waals surface area contributed by atoms with Crippen LogP contribution in [0.2, 0.25) is 0 Å². The van der Waals surface area contributed by atoms with E-state index < -0.39 is 5.41 Å². The molecule has 0 N–H and O–H groups in total. The van der Waals surface area contributed by atoms with E-state index in [1.54, 1.807) is 0 Å². The highest BCUT2D eigenvalue weighted by molar-refractivity contribution is 6.23. The van der Waals surface area contributed by atoms with Crippen molar-refractivity contribution in [2.45, 2.75) is 5.41 Å². The van der Waals surface area contributed by atoms with Crippen LogP contribution in [0, 0.1) is 0 Å². The number of furan rings is 2. The van der Waals surface area contributed by atoms with Crippen molar-refractivity contribution < 1.29 is 8.83 Å². The molecule has 0 unspecified atom stereocenters. The van der Waals surface area contributed by atoms with Crippen LogP contribution in [0.4, 0.5) is 0 Å². The fourth-order valence-corrected chi connectivity index (χ4v) is 12.9. The molecule has 12 aromatic carbocycles. The number of hydrogen-bond donors (Lipinski definition) is 0. The first kappa shape index (κ1) is 37.1. The van der Waals surface area contributed by atoms with Gasteiger partial charge in [0, 0.05) is 21.5 Å². The van der Waals surface area contributed by atoms with E-state index in [0.29, 0.717) is 0 Å². The summed E-state index contributed by atoms with van der Waals surface area (Å²) in [7, 11) is 0. The summed E-state index contributed by atoms with van der Waals surface area (Å²) in [6.07, 6.45) is 0. The molecule has 16 rings (SSSR count). The van der Waals surface area contributed by atoms with Crippen LogP contribution in [0.5, 0.6) is 0 Å². The van der Waals surface area contributed by atoms with Gasteiger partial charge in [-0.25, -0.2) is 0 Å². The predicted molar refractivity (Wildman–Crippen MR) is 286 cm³/mol. The molecular formula is C67H38O2. The van der Waals surface area contributed by atoms with E-state index in [0.717, 1.165) is 55.0 Å². The second-order valence-corrected chi connectivity index (χ2v) is 19.0. The second-order valence-electron chi connectivity index (χ2n) is 19.0. The highest BCUT2D eigenvalue weighted by atomic mass is 16.3. The molecule has 0 radical (unpaired) electrons. The lowest BCUT2D eigenvalue weighted by molar-refractivity contribution is 0.668. The topological polar surface area (TPSA) is 26.3 Å². The van der Waals surface area contributed by atoms with Crippen molar-refractivity contribution in [3.05, 3.63) is 253 Å². The minimum atomic E-state index is -0.567. The first-order valence-electron chi connectivity index (χ1n) is 23.9. The van der Waals surface area contributed by atoms with Gasteiger partial charge in [0.15, 0.2) is 0 Å². The van der Waals surface area contributed by atoms with Crippen molar-refractivity contribution in [2.24, 2.45) is 0 Å². The molecule has 0 saturated heterocycles. The lowest BCUT2D eigenvalue weighted by atomic mass is 9.68. The average Bonchev–Trinajstić information content (AvgIpc) is 4.15. The quantitative estimate of drug-likeness (QED) is 0.165. The molecule has 2 aliphatic rings. The second kappa shape index (κ2) is 13.6. The van der Waals surface area contributed by atoms with Crippen LogP contribution in [0.1, 0.15) is 22.3 Å². The van der Waals surface area contributed by atoms with E-state index in [9.17, 15) is 0 Å². The minimum absolute atomic E-state index is 0.567. The Kier molecular flexibility index (Phi) is 7.30. The van der Waals surface area contributed by atoms with Gasteiger partial charge in [-0.3, -0.25) is 0 Å². The van der Waals surface area contributed by atoms with Gasteiger partial charge in [-0.1, -0.05) is 182 Å². The molecule has 0 amide bonds. The number of para-hydroxylation sites is 2. The summed E-state index contributed by atoms with van der Waals surface area (Å²) in [5.41, 5.74) is 20.7. The zero-order chi connectivity index (χ0) is 45.0. The SMILES string of the molecule is c1ccc2c(c1)-c1ccccc1C21c2ccccc2-c2c1c(-c1c3cccc(-c4ccc5oc6ccccc6c5c4)c3cc3c(-c4ccc5oc6ccccc6c5c4)cccc13)cc1ccccc21. The molecule has 1 spiro atoms. The third kappa shape index (κ3) is 4.84. The molecule has 2 nitrogen and oxygen atoms in total. The van der Waals surface area contributed by atoms with Crippen molar-refractivity contribution in [1.82, 2.24) is 0 Å². The molecule has 2 heterocycles. The van der Waals surface area contributed by atoms with Crippen LogP contribution in [-0.2, 0) is 5.41 Å². The largest absolute Gasteiger partial charge is 0.456 e. The summed E-state index contributed by atoms with van der Waals surface area (Å²) in [5, 5.41) is 11.8. The van der Waals surface area contributed by atoms with Gasteiger partial charge in [-0.05, 0) is 159 Å². The van der Waals surface area contributed by atoms with Crippen molar-refractivity contribution in [1.29, 1.82) is 0 Å². The van der Waals surface area contributed by atoms with Gasteiger partial charge in [0.1, 0.15) is 22.3 Å². The zero-order valence-electron chi connectivity index (χ0n) is 37.3. The monoisotopic (exact) mass is 874 g/mol.